The molecule has 0 amide bonds. The fourth-order valence-electron chi connectivity index (χ4n) is 3.77. The smallest absolute Gasteiger partial charge is 0.247 e. The number of aromatic nitrogens is 4. The molecule has 1 aliphatic carbocycles. The minimum Gasteiger partial charge on any atom is -0.420 e. The highest BCUT2D eigenvalue weighted by Crippen LogP contribution is 2.41. The molecule has 0 fully saturated rings. The molecule has 0 aliphatic heterocycles. The number of hydrogen-bond donors (Lipinski definition) is 0. The van der Waals surface area contributed by atoms with E-state index in [0.717, 1.165) is 40.0 Å². The van der Waals surface area contributed by atoms with Crippen molar-refractivity contribution in [3.8, 4) is 11.5 Å². The summed E-state index contributed by atoms with van der Waals surface area (Å²) in [5, 5.41) is 10.7. The summed E-state index contributed by atoms with van der Waals surface area (Å²) in [6.45, 7) is 6.36. The molecule has 5 rings (SSSR count). The van der Waals surface area contributed by atoms with Gasteiger partial charge in [-0.3, -0.25) is 0 Å². The van der Waals surface area contributed by atoms with Crippen molar-refractivity contribution in [1.29, 1.82) is 0 Å². The zero-order chi connectivity index (χ0) is 20.0. The van der Waals surface area contributed by atoms with E-state index in [1.165, 1.54) is 27.8 Å². The van der Waals surface area contributed by atoms with Crippen LogP contribution in [0.4, 0.5) is 0 Å². The summed E-state index contributed by atoms with van der Waals surface area (Å²) in [6.07, 6.45) is 3.51. The van der Waals surface area contributed by atoms with Crippen LogP contribution in [0.15, 0.2) is 33.7 Å². The number of nitrogens with zero attached hydrogens (tertiary/aromatic N) is 4. The van der Waals surface area contributed by atoms with Crippen LogP contribution >= 0.6 is 23.1 Å². The molecular weight excluding hydrogens is 400 g/mol. The molecule has 0 saturated carbocycles. The van der Waals surface area contributed by atoms with Gasteiger partial charge in [0.05, 0.1) is 5.75 Å². The predicted octanol–water partition coefficient (Wildman–Crippen LogP) is 5.78. The fraction of sp³-hybridized carbons (Fsp3) is 0.364. The molecule has 1 unspecified atom stereocenters. The number of thioether (sulfide) groups is 1. The molecule has 1 aliphatic rings. The van der Waals surface area contributed by atoms with Crippen LogP contribution in [0.3, 0.4) is 0 Å². The Balaban J connectivity index is 1.42. The van der Waals surface area contributed by atoms with Crippen molar-refractivity contribution < 1.29 is 4.42 Å². The lowest BCUT2D eigenvalue weighted by molar-refractivity contribution is 0.509. The van der Waals surface area contributed by atoms with Crippen molar-refractivity contribution in [3.05, 3.63) is 52.0 Å². The van der Waals surface area contributed by atoms with Gasteiger partial charge in [0.25, 0.3) is 0 Å². The Hall–Kier alpha value is -2.25. The highest BCUT2D eigenvalue weighted by Gasteiger charge is 2.24. The van der Waals surface area contributed by atoms with E-state index in [-0.39, 0.29) is 0 Å². The average Bonchev–Trinajstić information content (AvgIpc) is 3.30. The molecule has 0 saturated heterocycles. The second-order valence-corrected chi connectivity index (χ2v) is 9.81. The van der Waals surface area contributed by atoms with E-state index in [0.29, 0.717) is 17.5 Å². The third kappa shape index (κ3) is 3.69. The van der Waals surface area contributed by atoms with E-state index in [2.05, 4.69) is 36.2 Å². The topological polar surface area (TPSA) is 64.7 Å². The largest absolute Gasteiger partial charge is 0.420 e. The van der Waals surface area contributed by atoms with Crippen LogP contribution in [0.1, 0.15) is 41.1 Å². The second kappa shape index (κ2) is 7.54. The first-order valence-electron chi connectivity index (χ1n) is 9.88. The van der Waals surface area contributed by atoms with E-state index in [1.807, 2.05) is 30.4 Å². The van der Waals surface area contributed by atoms with Crippen molar-refractivity contribution in [2.45, 2.75) is 50.8 Å². The van der Waals surface area contributed by atoms with Crippen LogP contribution in [0, 0.1) is 19.8 Å². The molecule has 5 nitrogen and oxygen atoms in total. The van der Waals surface area contributed by atoms with Gasteiger partial charge < -0.3 is 4.42 Å². The van der Waals surface area contributed by atoms with Gasteiger partial charge in [-0.15, -0.1) is 21.5 Å². The standard InChI is InChI=1S/C22H22N4OS2/c1-12-4-7-15(8-5-12)20-26-25-18(27-20)11-28-21-19-16-9-6-13(2)10-17(16)29-22(19)24-14(3)23-21/h4-5,7-8,13H,6,9-11H2,1-3H3. The molecular formula is C22H22N4OS2. The van der Waals surface area contributed by atoms with Crippen molar-refractivity contribution in [3.63, 3.8) is 0 Å². The number of benzene rings is 1. The molecule has 4 aromatic rings. The van der Waals surface area contributed by atoms with Gasteiger partial charge in [-0.1, -0.05) is 36.4 Å². The van der Waals surface area contributed by atoms with Crippen LogP contribution in [0.5, 0.6) is 0 Å². The first-order valence-corrected chi connectivity index (χ1v) is 11.7. The van der Waals surface area contributed by atoms with Crippen LogP contribution in [0.25, 0.3) is 21.7 Å². The fourth-order valence-corrected chi connectivity index (χ4v) is 6.20. The SMILES string of the molecule is Cc1ccc(-c2nnc(CSc3nc(C)nc4sc5c(c34)CCC(C)C5)o2)cc1. The van der Waals surface area contributed by atoms with E-state index in [9.17, 15) is 0 Å². The van der Waals surface area contributed by atoms with Gasteiger partial charge in [0.2, 0.25) is 11.8 Å². The maximum atomic E-state index is 5.90. The van der Waals surface area contributed by atoms with Gasteiger partial charge in [-0.05, 0) is 56.7 Å². The lowest BCUT2D eigenvalue weighted by atomic mass is 9.89. The number of thiophene rings is 1. The van der Waals surface area contributed by atoms with Gasteiger partial charge >= 0.3 is 0 Å². The highest BCUT2D eigenvalue weighted by molar-refractivity contribution is 7.98. The zero-order valence-corrected chi connectivity index (χ0v) is 18.4. The molecule has 0 bridgehead atoms. The van der Waals surface area contributed by atoms with Gasteiger partial charge in [0, 0.05) is 15.8 Å². The monoisotopic (exact) mass is 422 g/mol. The zero-order valence-electron chi connectivity index (χ0n) is 16.7. The average molecular weight is 423 g/mol. The van der Waals surface area contributed by atoms with E-state index in [4.69, 9.17) is 14.4 Å². The van der Waals surface area contributed by atoms with Crippen molar-refractivity contribution in [2.24, 2.45) is 5.92 Å². The maximum absolute atomic E-state index is 5.90. The molecule has 0 N–H and O–H groups in total. The van der Waals surface area contributed by atoms with Crippen molar-refractivity contribution in [2.75, 3.05) is 0 Å². The van der Waals surface area contributed by atoms with Crippen LogP contribution in [0.2, 0.25) is 0 Å². The van der Waals surface area contributed by atoms with Crippen LogP contribution < -0.4 is 0 Å². The van der Waals surface area contributed by atoms with Gasteiger partial charge in [0.1, 0.15) is 15.7 Å². The molecule has 1 aromatic carbocycles. The van der Waals surface area contributed by atoms with E-state index < -0.39 is 0 Å². The Morgan fingerprint density at radius 3 is 2.79 bits per heavy atom. The maximum Gasteiger partial charge on any atom is 0.247 e. The summed E-state index contributed by atoms with van der Waals surface area (Å²) in [5.74, 6) is 3.35. The minimum absolute atomic E-state index is 0.562. The van der Waals surface area contributed by atoms with Crippen LogP contribution in [-0.4, -0.2) is 20.2 Å². The highest BCUT2D eigenvalue weighted by atomic mass is 32.2. The second-order valence-electron chi connectivity index (χ2n) is 7.76. The number of hydrogen-bond acceptors (Lipinski definition) is 7. The molecule has 7 heteroatoms. The third-order valence-corrected chi connectivity index (χ3v) is 7.44. The molecule has 148 valence electrons. The molecule has 3 aromatic heterocycles. The molecule has 1 atom stereocenters. The summed E-state index contributed by atoms with van der Waals surface area (Å²) in [4.78, 5) is 12.1. The Bertz CT molecular complexity index is 1180. The molecule has 0 spiro atoms. The van der Waals surface area contributed by atoms with Crippen LogP contribution in [-0.2, 0) is 18.6 Å². The lowest BCUT2D eigenvalue weighted by Gasteiger charge is -2.18. The first-order chi connectivity index (χ1) is 14.1. The Labute approximate surface area is 178 Å². The van der Waals surface area contributed by atoms with Crippen molar-refractivity contribution >= 4 is 33.3 Å². The van der Waals surface area contributed by atoms with E-state index >= 15 is 0 Å². The lowest BCUT2D eigenvalue weighted by Crippen LogP contribution is -2.08. The van der Waals surface area contributed by atoms with Gasteiger partial charge in [0.15, 0.2) is 0 Å². The number of fused-ring (bicyclic) bond motifs is 3. The third-order valence-electron chi connectivity index (χ3n) is 5.33. The Morgan fingerprint density at radius 1 is 1.14 bits per heavy atom. The van der Waals surface area contributed by atoms with E-state index in [1.54, 1.807) is 11.8 Å². The Morgan fingerprint density at radius 2 is 1.97 bits per heavy atom. The summed E-state index contributed by atoms with van der Waals surface area (Å²) < 4.78 is 5.90. The first kappa shape index (κ1) is 18.8. The molecule has 3 heterocycles. The Kier molecular flexibility index (Phi) is 4.87. The predicted molar refractivity (Wildman–Crippen MR) is 117 cm³/mol. The van der Waals surface area contributed by atoms with Gasteiger partial charge in [-0.25, -0.2) is 9.97 Å². The number of aryl methyl sites for hydroxylation is 3. The quantitative estimate of drug-likeness (QED) is 0.307. The minimum atomic E-state index is 0.562. The van der Waals surface area contributed by atoms with Gasteiger partial charge in [-0.2, -0.15) is 0 Å². The van der Waals surface area contributed by atoms with Crippen molar-refractivity contribution in [1.82, 2.24) is 20.2 Å². The normalized spacial score (nSPS) is 16.3. The summed E-state index contributed by atoms with van der Waals surface area (Å²) >= 11 is 3.51. The summed E-state index contributed by atoms with van der Waals surface area (Å²) in [6, 6.07) is 8.12. The molecule has 0 radical (unpaired) electrons. The summed E-state index contributed by atoms with van der Waals surface area (Å²) in [5.41, 5.74) is 3.61. The summed E-state index contributed by atoms with van der Waals surface area (Å²) in [7, 11) is 0. The molecule has 29 heavy (non-hydrogen) atoms. The number of rotatable bonds is 4.